The number of benzene rings is 1. The van der Waals surface area contributed by atoms with Gasteiger partial charge in [-0.2, -0.15) is 13.2 Å². The zero-order valence-electron chi connectivity index (χ0n) is 16.0. The van der Waals surface area contributed by atoms with Crippen molar-refractivity contribution in [3.8, 4) is 5.69 Å². The molecule has 0 bridgehead atoms. The second-order valence-corrected chi connectivity index (χ2v) is 8.72. The molecule has 1 aromatic carbocycles. The second kappa shape index (κ2) is 6.94. The molecule has 7 heteroatoms. The molecule has 0 radical (unpaired) electrons. The van der Waals surface area contributed by atoms with E-state index < -0.39 is 34.4 Å². The van der Waals surface area contributed by atoms with Crippen molar-refractivity contribution in [1.29, 1.82) is 0 Å². The first-order valence-corrected chi connectivity index (χ1v) is 9.86. The lowest BCUT2D eigenvalue weighted by molar-refractivity contribution is -0.151. The van der Waals surface area contributed by atoms with Gasteiger partial charge < -0.3 is 9.30 Å². The fourth-order valence-corrected chi connectivity index (χ4v) is 4.48. The number of alkyl halides is 3. The molecule has 2 aliphatic rings. The molecular formula is C22H21ClF3NO2. The monoisotopic (exact) mass is 423 g/mol. The summed E-state index contributed by atoms with van der Waals surface area (Å²) >= 11 is 5.37. The van der Waals surface area contributed by atoms with Crippen LogP contribution in [0.4, 0.5) is 13.2 Å². The minimum atomic E-state index is -4.60. The zero-order chi connectivity index (χ0) is 21.0. The fourth-order valence-electron chi connectivity index (χ4n) is 4.34. The molecule has 1 heterocycles. The molecule has 4 rings (SSSR count). The number of hydrogen-bond donors (Lipinski definition) is 0. The van der Waals surface area contributed by atoms with Crippen LogP contribution in [0.5, 0.6) is 0 Å². The molecule has 0 aliphatic heterocycles. The van der Waals surface area contributed by atoms with Gasteiger partial charge in [0.2, 0.25) is 0 Å². The maximum atomic E-state index is 12.7. The van der Waals surface area contributed by atoms with Crippen LogP contribution in [0.1, 0.15) is 25.0 Å². The molecule has 3 nitrogen and oxygen atoms in total. The number of ether oxygens (including phenoxy) is 1. The van der Waals surface area contributed by atoms with Crippen LogP contribution in [0.3, 0.4) is 0 Å². The number of rotatable bonds is 4. The van der Waals surface area contributed by atoms with Crippen LogP contribution in [-0.2, 0) is 22.4 Å². The van der Waals surface area contributed by atoms with Gasteiger partial charge in [-0.25, -0.2) is 0 Å². The van der Waals surface area contributed by atoms with Crippen molar-refractivity contribution in [1.82, 2.24) is 4.57 Å². The van der Waals surface area contributed by atoms with Gasteiger partial charge in [-0.15, -0.1) is 0 Å². The SMILES string of the molecule is CC1(C)[C@H](C(=O)OC2Cc3cccc(-n4cccc4)c3C2)[C@@H]1C=C(Cl)C(F)(F)F. The third-order valence-corrected chi connectivity index (χ3v) is 6.39. The Morgan fingerprint density at radius 1 is 1.21 bits per heavy atom. The molecule has 154 valence electrons. The Morgan fingerprint density at radius 3 is 2.55 bits per heavy atom. The standard InChI is InChI=1S/C22H21ClF3NO2/c1-21(2)16(12-18(23)22(24,25)26)19(21)20(28)29-14-10-13-6-5-7-17(15(13)11-14)27-8-3-4-9-27/h3-9,12,14,16,19H,10-11H2,1-2H3/t14?,16-,19-/m0/s1. The number of aromatic nitrogens is 1. The van der Waals surface area contributed by atoms with Crippen molar-refractivity contribution in [2.75, 3.05) is 0 Å². The minimum absolute atomic E-state index is 0.312. The van der Waals surface area contributed by atoms with Gasteiger partial charge in [0.25, 0.3) is 0 Å². The van der Waals surface area contributed by atoms with E-state index in [2.05, 4.69) is 0 Å². The van der Waals surface area contributed by atoms with Gasteiger partial charge in [-0.05, 0) is 40.7 Å². The summed E-state index contributed by atoms with van der Waals surface area (Å²) in [5, 5.41) is -1.18. The summed E-state index contributed by atoms with van der Waals surface area (Å²) in [5.41, 5.74) is 2.70. The number of carbonyl (C=O) groups excluding carboxylic acids is 1. The Balaban J connectivity index is 1.46. The number of halogens is 4. The molecule has 29 heavy (non-hydrogen) atoms. The lowest BCUT2D eigenvalue weighted by Gasteiger charge is -2.13. The summed E-state index contributed by atoms with van der Waals surface area (Å²) in [7, 11) is 0. The number of nitrogens with zero attached hydrogens (tertiary/aromatic N) is 1. The van der Waals surface area contributed by atoms with E-state index in [0.29, 0.717) is 12.8 Å². The highest BCUT2D eigenvalue weighted by atomic mass is 35.5. The van der Waals surface area contributed by atoms with Gasteiger partial charge in [0.15, 0.2) is 0 Å². The van der Waals surface area contributed by atoms with E-state index in [1.807, 2.05) is 47.3 Å². The van der Waals surface area contributed by atoms with Gasteiger partial charge in [0.05, 0.1) is 5.92 Å². The highest BCUT2D eigenvalue weighted by Gasteiger charge is 2.62. The Morgan fingerprint density at radius 2 is 1.90 bits per heavy atom. The molecule has 0 saturated heterocycles. The van der Waals surface area contributed by atoms with Crippen molar-refractivity contribution in [2.24, 2.45) is 17.3 Å². The molecule has 3 atom stereocenters. The highest BCUT2D eigenvalue weighted by molar-refractivity contribution is 6.30. The summed E-state index contributed by atoms with van der Waals surface area (Å²) in [6.45, 7) is 3.52. The average molecular weight is 424 g/mol. The van der Waals surface area contributed by atoms with Crippen LogP contribution in [-0.4, -0.2) is 22.8 Å². The van der Waals surface area contributed by atoms with Crippen LogP contribution in [0.25, 0.3) is 5.69 Å². The Kier molecular flexibility index (Phi) is 4.80. The number of esters is 1. The molecule has 1 fully saturated rings. The molecule has 0 spiro atoms. The van der Waals surface area contributed by atoms with Crippen molar-refractivity contribution in [3.05, 3.63) is 65.0 Å². The van der Waals surface area contributed by atoms with Crippen molar-refractivity contribution >= 4 is 17.6 Å². The molecule has 2 aromatic rings. The molecule has 0 amide bonds. The Labute approximate surface area is 172 Å². The van der Waals surface area contributed by atoms with E-state index in [1.54, 1.807) is 13.8 Å². The lowest BCUT2D eigenvalue weighted by atomic mass is 10.1. The van der Waals surface area contributed by atoms with E-state index in [4.69, 9.17) is 16.3 Å². The van der Waals surface area contributed by atoms with E-state index >= 15 is 0 Å². The first-order valence-electron chi connectivity index (χ1n) is 9.48. The highest BCUT2D eigenvalue weighted by Crippen LogP contribution is 2.60. The van der Waals surface area contributed by atoms with Gasteiger partial charge in [-0.1, -0.05) is 43.7 Å². The molecule has 0 N–H and O–H groups in total. The molecular weight excluding hydrogens is 403 g/mol. The van der Waals surface area contributed by atoms with Crippen molar-refractivity contribution in [3.63, 3.8) is 0 Å². The summed E-state index contributed by atoms with van der Waals surface area (Å²) in [5.74, 6) is -1.65. The van der Waals surface area contributed by atoms with Crippen LogP contribution in [0.15, 0.2) is 53.8 Å². The predicted octanol–water partition coefficient (Wildman–Crippen LogP) is 5.44. The van der Waals surface area contributed by atoms with Crippen LogP contribution in [0, 0.1) is 17.3 Å². The largest absolute Gasteiger partial charge is 0.461 e. The first-order chi connectivity index (χ1) is 13.6. The summed E-state index contributed by atoms with van der Waals surface area (Å²) in [4.78, 5) is 12.7. The predicted molar refractivity (Wildman–Crippen MR) is 104 cm³/mol. The van der Waals surface area contributed by atoms with E-state index in [0.717, 1.165) is 22.9 Å². The summed E-state index contributed by atoms with van der Waals surface area (Å²) in [6.07, 6.45) is 1.15. The van der Waals surface area contributed by atoms with Crippen LogP contribution >= 0.6 is 11.6 Å². The lowest BCUT2D eigenvalue weighted by Crippen LogP contribution is -2.21. The maximum Gasteiger partial charge on any atom is 0.426 e. The fraction of sp³-hybridized carbons (Fsp3) is 0.409. The number of allylic oxidation sites excluding steroid dienone is 2. The van der Waals surface area contributed by atoms with Crippen LogP contribution < -0.4 is 0 Å². The number of hydrogen-bond acceptors (Lipinski definition) is 2. The van der Waals surface area contributed by atoms with Gasteiger partial charge in [0, 0.05) is 30.9 Å². The quantitative estimate of drug-likeness (QED) is 0.613. The topological polar surface area (TPSA) is 31.2 Å². The number of fused-ring (bicyclic) bond motifs is 1. The third kappa shape index (κ3) is 3.70. The van der Waals surface area contributed by atoms with E-state index in [-0.39, 0.29) is 6.10 Å². The van der Waals surface area contributed by atoms with Crippen molar-refractivity contribution in [2.45, 2.75) is 39.0 Å². The molecule has 2 aliphatic carbocycles. The Hall–Kier alpha value is -2.21. The average Bonchev–Trinajstić information content (AvgIpc) is 3.08. The first kappa shape index (κ1) is 20.1. The zero-order valence-corrected chi connectivity index (χ0v) is 16.8. The minimum Gasteiger partial charge on any atom is -0.461 e. The Bertz CT molecular complexity index is 963. The van der Waals surface area contributed by atoms with Gasteiger partial charge >= 0.3 is 12.1 Å². The van der Waals surface area contributed by atoms with E-state index in [1.165, 1.54) is 0 Å². The molecule has 1 aromatic heterocycles. The number of carbonyl (C=O) groups is 1. The van der Waals surface area contributed by atoms with Gasteiger partial charge in [0.1, 0.15) is 11.1 Å². The summed E-state index contributed by atoms with van der Waals surface area (Å²) in [6, 6.07) is 9.91. The second-order valence-electron chi connectivity index (χ2n) is 8.31. The van der Waals surface area contributed by atoms with Crippen molar-refractivity contribution < 1.29 is 22.7 Å². The molecule has 1 unspecified atom stereocenters. The maximum absolute atomic E-state index is 12.7. The normalized spacial score (nSPS) is 25.6. The van der Waals surface area contributed by atoms with E-state index in [9.17, 15) is 18.0 Å². The van der Waals surface area contributed by atoms with Crippen LogP contribution in [0.2, 0.25) is 0 Å². The molecule has 1 saturated carbocycles. The van der Waals surface area contributed by atoms with Gasteiger partial charge in [-0.3, -0.25) is 4.79 Å². The smallest absolute Gasteiger partial charge is 0.426 e. The summed E-state index contributed by atoms with van der Waals surface area (Å²) < 4.78 is 45.9. The third-order valence-electron chi connectivity index (χ3n) is 6.05.